The molecule has 5 nitrogen and oxygen atoms in total. The zero-order valence-electron chi connectivity index (χ0n) is 18.5. The lowest BCUT2D eigenvalue weighted by molar-refractivity contribution is -0.140. The highest BCUT2D eigenvalue weighted by molar-refractivity contribution is 5.83. The van der Waals surface area contributed by atoms with E-state index in [0.29, 0.717) is 19.5 Å². The molecule has 31 heavy (non-hydrogen) atoms. The highest BCUT2D eigenvalue weighted by atomic mass is 16.2. The number of carbonyl (C=O) groups is 2. The highest BCUT2D eigenvalue weighted by Crippen LogP contribution is 2.26. The van der Waals surface area contributed by atoms with Crippen LogP contribution in [0.15, 0.2) is 54.6 Å². The Morgan fingerprint density at radius 1 is 0.774 bits per heavy atom. The van der Waals surface area contributed by atoms with Crippen LogP contribution in [0.5, 0.6) is 0 Å². The Hall–Kier alpha value is -2.66. The van der Waals surface area contributed by atoms with Crippen LogP contribution in [0.1, 0.15) is 42.0 Å². The number of piperazine rings is 1. The Bertz CT molecular complexity index is 885. The molecule has 0 radical (unpaired) electrons. The van der Waals surface area contributed by atoms with Gasteiger partial charge in [-0.1, -0.05) is 54.6 Å². The lowest BCUT2D eigenvalue weighted by Crippen LogP contribution is -2.53. The van der Waals surface area contributed by atoms with Gasteiger partial charge in [0.2, 0.25) is 11.8 Å². The first-order valence-corrected chi connectivity index (χ1v) is 11.5. The van der Waals surface area contributed by atoms with E-state index in [4.69, 9.17) is 0 Å². The molecule has 1 unspecified atom stereocenters. The summed E-state index contributed by atoms with van der Waals surface area (Å²) in [5.74, 6) is 0.387. The van der Waals surface area contributed by atoms with Crippen molar-refractivity contribution in [1.29, 1.82) is 0 Å². The summed E-state index contributed by atoms with van der Waals surface area (Å²) >= 11 is 0. The molecule has 5 heteroatoms. The van der Waals surface area contributed by atoms with Crippen LogP contribution in [0, 0.1) is 6.92 Å². The summed E-state index contributed by atoms with van der Waals surface area (Å²) < 4.78 is 0. The molecule has 0 aliphatic carbocycles. The van der Waals surface area contributed by atoms with E-state index in [2.05, 4.69) is 30.0 Å². The van der Waals surface area contributed by atoms with Crippen LogP contribution < -0.4 is 0 Å². The number of benzene rings is 2. The van der Waals surface area contributed by atoms with Gasteiger partial charge in [-0.2, -0.15) is 0 Å². The fourth-order valence-electron chi connectivity index (χ4n) is 4.74. The van der Waals surface area contributed by atoms with Crippen LogP contribution in [0.3, 0.4) is 0 Å². The second-order valence-corrected chi connectivity index (χ2v) is 8.72. The van der Waals surface area contributed by atoms with E-state index in [1.165, 1.54) is 6.42 Å². The van der Waals surface area contributed by atoms with Gasteiger partial charge in [0.05, 0.1) is 6.42 Å². The molecule has 0 saturated carbocycles. The fraction of sp³-hybridized carbons (Fsp3) is 0.462. The minimum absolute atomic E-state index is 0.174. The molecule has 2 aliphatic rings. The molecular formula is C26H33N3O2. The van der Waals surface area contributed by atoms with Gasteiger partial charge in [-0.25, -0.2) is 0 Å². The molecule has 0 aromatic heterocycles. The number of hydrogen-bond donors (Lipinski definition) is 0. The van der Waals surface area contributed by atoms with Crippen molar-refractivity contribution >= 4 is 11.8 Å². The van der Waals surface area contributed by atoms with Crippen LogP contribution in [0.25, 0.3) is 0 Å². The molecule has 164 valence electrons. The molecule has 2 heterocycles. The molecule has 2 aromatic rings. The summed E-state index contributed by atoms with van der Waals surface area (Å²) in [4.78, 5) is 32.6. The Morgan fingerprint density at radius 2 is 1.42 bits per heavy atom. The van der Waals surface area contributed by atoms with Crippen molar-refractivity contribution in [3.63, 3.8) is 0 Å². The first kappa shape index (κ1) is 21.6. The monoisotopic (exact) mass is 419 g/mol. The van der Waals surface area contributed by atoms with E-state index in [9.17, 15) is 9.59 Å². The molecule has 1 atom stereocenters. The van der Waals surface area contributed by atoms with Gasteiger partial charge in [0, 0.05) is 39.3 Å². The molecule has 0 spiro atoms. The standard InChI is InChI=1S/C26H33N3O2/c1-21-10-6-7-13-23(21)20-24(30)27-16-18-28(19-17-27)25(22-11-4-2-5-12-22)26(31)29-14-8-3-9-15-29/h2,4-7,10-13,25H,3,8-9,14-20H2,1H3. The molecule has 0 N–H and O–H groups in total. The largest absolute Gasteiger partial charge is 0.341 e. The van der Waals surface area contributed by atoms with Crippen molar-refractivity contribution in [3.05, 3.63) is 71.3 Å². The van der Waals surface area contributed by atoms with E-state index < -0.39 is 0 Å². The zero-order chi connectivity index (χ0) is 21.6. The average Bonchev–Trinajstić information content (AvgIpc) is 2.82. The number of nitrogens with zero attached hydrogens (tertiary/aromatic N) is 3. The topological polar surface area (TPSA) is 43.9 Å². The SMILES string of the molecule is Cc1ccccc1CC(=O)N1CCN(C(C(=O)N2CCCCC2)c2ccccc2)CC1. The summed E-state index contributed by atoms with van der Waals surface area (Å²) in [7, 11) is 0. The number of likely N-dealkylation sites (tertiary alicyclic amines) is 1. The lowest BCUT2D eigenvalue weighted by Gasteiger charge is -2.41. The van der Waals surface area contributed by atoms with Crippen LogP contribution in [-0.4, -0.2) is 65.8 Å². The van der Waals surface area contributed by atoms with Gasteiger partial charge in [-0.3, -0.25) is 14.5 Å². The molecule has 2 aromatic carbocycles. The van der Waals surface area contributed by atoms with Crippen molar-refractivity contribution in [2.75, 3.05) is 39.3 Å². The first-order valence-electron chi connectivity index (χ1n) is 11.5. The Morgan fingerprint density at radius 3 is 2.10 bits per heavy atom. The minimum Gasteiger partial charge on any atom is -0.341 e. The second-order valence-electron chi connectivity index (χ2n) is 8.72. The maximum atomic E-state index is 13.5. The van der Waals surface area contributed by atoms with Gasteiger partial charge in [0.25, 0.3) is 0 Å². The number of aryl methyl sites for hydroxylation is 1. The minimum atomic E-state index is -0.257. The lowest BCUT2D eigenvalue weighted by atomic mass is 10.0. The first-order chi connectivity index (χ1) is 15.1. The molecule has 0 bridgehead atoms. The second kappa shape index (κ2) is 10.1. The summed E-state index contributed by atoms with van der Waals surface area (Å²) in [6.45, 7) is 6.55. The van der Waals surface area contributed by atoms with Crippen molar-refractivity contribution < 1.29 is 9.59 Å². The van der Waals surface area contributed by atoms with E-state index in [-0.39, 0.29) is 17.9 Å². The number of amides is 2. The Labute approximate surface area is 185 Å². The Kier molecular flexibility index (Phi) is 7.03. The van der Waals surface area contributed by atoms with Gasteiger partial charge in [-0.05, 0) is 42.9 Å². The number of carbonyl (C=O) groups excluding carboxylic acids is 2. The van der Waals surface area contributed by atoms with Crippen LogP contribution in [0.2, 0.25) is 0 Å². The normalized spacial score (nSPS) is 18.6. The molecule has 2 aliphatic heterocycles. The predicted molar refractivity (Wildman–Crippen MR) is 123 cm³/mol. The van der Waals surface area contributed by atoms with Gasteiger partial charge >= 0.3 is 0 Å². The van der Waals surface area contributed by atoms with Crippen LogP contribution in [-0.2, 0) is 16.0 Å². The summed E-state index contributed by atoms with van der Waals surface area (Å²) in [6, 6.07) is 18.0. The van der Waals surface area contributed by atoms with Crippen LogP contribution in [0.4, 0.5) is 0 Å². The maximum Gasteiger partial charge on any atom is 0.244 e. The summed E-state index contributed by atoms with van der Waals surface area (Å²) in [5, 5.41) is 0. The Balaban J connectivity index is 1.43. The third-order valence-corrected chi connectivity index (χ3v) is 6.65. The quantitative estimate of drug-likeness (QED) is 0.746. The number of piperidine rings is 1. The maximum absolute atomic E-state index is 13.5. The van der Waals surface area contributed by atoms with Gasteiger partial charge < -0.3 is 9.80 Å². The molecular weight excluding hydrogens is 386 g/mol. The fourth-order valence-corrected chi connectivity index (χ4v) is 4.74. The van der Waals surface area contributed by atoms with Crippen molar-refractivity contribution in [2.45, 2.75) is 38.6 Å². The predicted octanol–water partition coefficient (Wildman–Crippen LogP) is 3.44. The molecule has 4 rings (SSSR count). The molecule has 2 fully saturated rings. The van der Waals surface area contributed by atoms with E-state index >= 15 is 0 Å². The van der Waals surface area contributed by atoms with E-state index in [0.717, 1.165) is 55.7 Å². The van der Waals surface area contributed by atoms with E-state index in [1.54, 1.807) is 0 Å². The molecule has 2 saturated heterocycles. The average molecular weight is 420 g/mol. The summed E-state index contributed by atoms with van der Waals surface area (Å²) in [5.41, 5.74) is 3.31. The third-order valence-electron chi connectivity index (χ3n) is 6.65. The third kappa shape index (κ3) is 5.16. The van der Waals surface area contributed by atoms with Gasteiger partial charge in [-0.15, -0.1) is 0 Å². The van der Waals surface area contributed by atoms with Crippen molar-refractivity contribution in [1.82, 2.24) is 14.7 Å². The number of hydrogen-bond acceptors (Lipinski definition) is 3. The smallest absolute Gasteiger partial charge is 0.244 e. The van der Waals surface area contributed by atoms with Gasteiger partial charge in [0.1, 0.15) is 6.04 Å². The van der Waals surface area contributed by atoms with E-state index in [1.807, 2.05) is 46.2 Å². The van der Waals surface area contributed by atoms with Crippen molar-refractivity contribution in [2.24, 2.45) is 0 Å². The summed E-state index contributed by atoms with van der Waals surface area (Å²) in [6.07, 6.45) is 3.84. The molecule has 2 amide bonds. The van der Waals surface area contributed by atoms with Crippen LogP contribution >= 0.6 is 0 Å². The number of rotatable bonds is 5. The zero-order valence-corrected chi connectivity index (χ0v) is 18.5. The highest BCUT2D eigenvalue weighted by Gasteiger charge is 2.34. The van der Waals surface area contributed by atoms with Gasteiger partial charge in [0.15, 0.2) is 0 Å². The van der Waals surface area contributed by atoms with Crippen molar-refractivity contribution in [3.8, 4) is 0 Å².